The van der Waals surface area contributed by atoms with E-state index >= 15 is 0 Å². The monoisotopic (exact) mass is 287 g/mol. The van der Waals surface area contributed by atoms with E-state index in [0.29, 0.717) is 16.7 Å². The molecule has 0 aliphatic rings. The molecule has 0 amide bonds. The van der Waals surface area contributed by atoms with Crippen LogP contribution in [0.3, 0.4) is 0 Å². The molecule has 2 nitrogen and oxygen atoms in total. The number of nitrogens with one attached hydrogen (secondary N) is 1. The second-order valence-corrected chi connectivity index (χ2v) is 4.88. The fraction of sp³-hybridized carbons (Fsp3) is 0.429. The number of hydrogen-bond donors (Lipinski definition) is 1. The molecule has 1 N–H and O–H groups in total. The third-order valence-corrected chi connectivity index (χ3v) is 3.15. The lowest BCUT2D eigenvalue weighted by Crippen LogP contribution is -2.23. The minimum atomic E-state index is 0.178. The molecule has 18 heavy (non-hydrogen) atoms. The van der Waals surface area contributed by atoms with Gasteiger partial charge in [0, 0.05) is 22.6 Å². The lowest BCUT2D eigenvalue weighted by molar-refractivity contribution is 0.138. The van der Waals surface area contributed by atoms with Crippen molar-refractivity contribution in [2.24, 2.45) is 0 Å². The third kappa shape index (κ3) is 5.40. The van der Waals surface area contributed by atoms with Gasteiger partial charge in [0.1, 0.15) is 0 Å². The predicted molar refractivity (Wildman–Crippen MR) is 78.5 cm³/mol. The number of ether oxygens (including phenoxy) is 1. The summed E-state index contributed by atoms with van der Waals surface area (Å²) in [6.07, 6.45) is 2.74. The molecule has 1 atom stereocenters. The lowest BCUT2D eigenvalue weighted by Gasteiger charge is -2.15. The highest BCUT2D eigenvalue weighted by Crippen LogP contribution is 2.25. The Morgan fingerprint density at radius 3 is 2.83 bits per heavy atom. The van der Waals surface area contributed by atoms with Crippen LogP contribution in [0.15, 0.2) is 30.9 Å². The first-order valence-electron chi connectivity index (χ1n) is 6.02. The summed E-state index contributed by atoms with van der Waals surface area (Å²) in [5.41, 5.74) is 1.05. The molecule has 0 fully saturated rings. The Morgan fingerprint density at radius 1 is 1.39 bits per heavy atom. The van der Waals surface area contributed by atoms with Gasteiger partial charge in [0.05, 0.1) is 13.2 Å². The SMILES string of the molecule is C=CCCOCCNC(C)c1ccc(Cl)cc1Cl. The maximum absolute atomic E-state index is 6.14. The van der Waals surface area contributed by atoms with Crippen LogP contribution < -0.4 is 5.32 Å². The Balaban J connectivity index is 2.31. The highest BCUT2D eigenvalue weighted by molar-refractivity contribution is 6.35. The zero-order chi connectivity index (χ0) is 13.4. The molecule has 0 aliphatic carbocycles. The highest BCUT2D eigenvalue weighted by atomic mass is 35.5. The summed E-state index contributed by atoms with van der Waals surface area (Å²) in [4.78, 5) is 0. The van der Waals surface area contributed by atoms with Crippen LogP contribution in [-0.4, -0.2) is 19.8 Å². The molecule has 1 unspecified atom stereocenters. The lowest BCUT2D eigenvalue weighted by atomic mass is 10.1. The maximum Gasteiger partial charge on any atom is 0.0591 e. The zero-order valence-corrected chi connectivity index (χ0v) is 12.1. The molecule has 1 aromatic rings. The van der Waals surface area contributed by atoms with Gasteiger partial charge in [0.2, 0.25) is 0 Å². The molecular weight excluding hydrogens is 269 g/mol. The average molecular weight is 288 g/mol. The minimum absolute atomic E-state index is 0.178. The molecule has 1 rings (SSSR count). The predicted octanol–water partition coefficient (Wildman–Crippen LogP) is 4.24. The van der Waals surface area contributed by atoms with E-state index in [2.05, 4.69) is 18.8 Å². The van der Waals surface area contributed by atoms with Crippen molar-refractivity contribution in [3.63, 3.8) is 0 Å². The summed E-state index contributed by atoms with van der Waals surface area (Å²) in [6, 6.07) is 5.73. The number of halogens is 2. The van der Waals surface area contributed by atoms with Gasteiger partial charge in [-0.2, -0.15) is 0 Å². The Labute approximate surface area is 119 Å². The molecule has 0 spiro atoms. The Hall–Kier alpha value is -0.540. The van der Waals surface area contributed by atoms with E-state index in [-0.39, 0.29) is 6.04 Å². The van der Waals surface area contributed by atoms with E-state index in [1.807, 2.05) is 18.2 Å². The van der Waals surface area contributed by atoms with Gasteiger partial charge in [-0.3, -0.25) is 0 Å². The van der Waals surface area contributed by atoms with Crippen LogP contribution in [-0.2, 0) is 4.74 Å². The molecule has 0 aromatic heterocycles. The molecule has 0 heterocycles. The van der Waals surface area contributed by atoms with Gasteiger partial charge in [-0.05, 0) is 31.0 Å². The molecular formula is C14H19Cl2NO. The van der Waals surface area contributed by atoms with Gasteiger partial charge in [0.15, 0.2) is 0 Å². The number of benzene rings is 1. The smallest absolute Gasteiger partial charge is 0.0591 e. The van der Waals surface area contributed by atoms with Crippen LogP contribution in [0.25, 0.3) is 0 Å². The Morgan fingerprint density at radius 2 is 2.17 bits per heavy atom. The number of rotatable bonds is 8. The van der Waals surface area contributed by atoms with E-state index in [1.165, 1.54) is 0 Å². The minimum Gasteiger partial charge on any atom is -0.380 e. The second kappa shape index (κ2) is 8.54. The van der Waals surface area contributed by atoms with Crippen molar-refractivity contribution < 1.29 is 4.74 Å². The Kier molecular flexibility index (Phi) is 7.36. The van der Waals surface area contributed by atoms with Gasteiger partial charge < -0.3 is 10.1 Å². The van der Waals surface area contributed by atoms with Crippen molar-refractivity contribution >= 4 is 23.2 Å². The summed E-state index contributed by atoms with van der Waals surface area (Å²) >= 11 is 12.0. The highest BCUT2D eigenvalue weighted by Gasteiger charge is 2.08. The van der Waals surface area contributed by atoms with Crippen LogP contribution in [0.2, 0.25) is 10.0 Å². The van der Waals surface area contributed by atoms with E-state index < -0.39 is 0 Å². The van der Waals surface area contributed by atoms with Gasteiger partial charge in [-0.1, -0.05) is 35.3 Å². The van der Waals surface area contributed by atoms with Crippen molar-refractivity contribution in [1.82, 2.24) is 5.32 Å². The fourth-order valence-electron chi connectivity index (χ4n) is 1.58. The second-order valence-electron chi connectivity index (χ2n) is 4.03. The van der Waals surface area contributed by atoms with Gasteiger partial charge >= 0.3 is 0 Å². The average Bonchev–Trinajstić information content (AvgIpc) is 2.33. The van der Waals surface area contributed by atoms with Crippen LogP contribution in [0.1, 0.15) is 24.9 Å². The van der Waals surface area contributed by atoms with Crippen LogP contribution in [0.4, 0.5) is 0 Å². The van der Waals surface area contributed by atoms with Crippen molar-refractivity contribution in [2.75, 3.05) is 19.8 Å². The first-order chi connectivity index (χ1) is 8.65. The first kappa shape index (κ1) is 15.5. The fourth-order valence-corrected chi connectivity index (χ4v) is 2.15. The largest absolute Gasteiger partial charge is 0.380 e. The zero-order valence-electron chi connectivity index (χ0n) is 10.6. The summed E-state index contributed by atoms with van der Waals surface area (Å²) in [5, 5.41) is 4.70. The summed E-state index contributed by atoms with van der Waals surface area (Å²) in [7, 11) is 0. The maximum atomic E-state index is 6.14. The molecule has 0 bridgehead atoms. The van der Waals surface area contributed by atoms with Gasteiger partial charge in [-0.25, -0.2) is 0 Å². The van der Waals surface area contributed by atoms with Crippen LogP contribution >= 0.6 is 23.2 Å². The van der Waals surface area contributed by atoms with Crippen molar-refractivity contribution in [3.05, 3.63) is 46.5 Å². The Bertz CT molecular complexity index is 382. The molecule has 0 aliphatic heterocycles. The molecule has 100 valence electrons. The molecule has 0 radical (unpaired) electrons. The quantitative estimate of drug-likeness (QED) is 0.570. The van der Waals surface area contributed by atoms with Gasteiger partial charge in [-0.15, -0.1) is 6.58 Å². The molecule has 0 saturated heterocycles. The van der Waals surface area contributed by atoms with Gasteiger partial charge in [0.25, 0.3) is 0 Å². The van der Waals surface area contributed by atoms with E-state index in [9.17, 15) is 0 Å². The number of hydrogen-bond acceptors (Lipinski definition) is 2. The van der Waals surface area contributed by atoms with E-state index in [0.717, 1.165) is 25.1 Å². The normalized spacial score (nSPS) is 12.4. The van der Waals surface area contributed by atoms with Crippen molar-refractivity contribution in [1.29, 1.82) is 0 Å². The summed E-state index contributed by atoms with van der Waals surface area (Å²) in [6.45, 7) is 7.91. The van der Waals surface area contributed by atoms with Crippen molar-refractivity contribution in [3.8, 4) is 0 Å². The van der Waals surface area contributed by atoms with Crippen molar-refractivity contribution in [2.45, 2.75) is 19.4 Å². The first-order valence-corrected chi connectivity index (χ1v) is 6.77. The third-order valence-electron chi connectivity index (χ3n) is 2.59. The summed E-state index contributed by atoms with van der Waals surface area (Å²) in [5.74, 6) is 0. The van der Waals surface area contributed by atoms with E-state index in [4.69, 9.17) is 27.9 Å². The van der Waals surface area contributed by atoms with E-state index in [1.54, 1.807) is 6.07 Å². The molecule has 0 saturated carbocycles. The molecule has 1 aromatic carbocycles. The molecule has 4 heteroatoms. The standard InChI is InChI=1S/C14H19Cl2NO/c1-3-4-8-18-9-7-17-11(2)13-6-5-12(15)10-14(13)16/h3,5-6,10-11,17H,1,4,7-9H2,2H3. The van der Waals surface area contributed by atoms with Crippen LogP contribution in [0.5, 0.6) is 0 Å². The topological polar surface area (TPSA) is 21.3 Å². The van der Waals surface area contributed by atoms with Crippen LogP contribution in [0, 0.1) is 0 Å². The summed E-state index contributed by atoms with van der Waals surface area (Å²) < 4.78 is 5.42.